The van der Waals surface area contributed by atoms with Crippen LogP contribution in [0.1, 0.15) is 44.2 Å². The van der Waals surface area contributed by atoms with E-state index in [1.165, 1.54) is 11.1 Å². The van der Waals surface area contributed by atoms with E-state index in [9.17, 15) is 4.39 Å². The predicted octanol–water partition coefficient (Wildman–Crippen LogP) is 3.71. The molecule has 0 saturated heterocycles. The maximum atomic E-state index is 12.6. The number of hydrogen-bond donors (Lipinski definition) is 0. The molecule has 0 aromatic carbocycles. The predicted molar refractivity (Wildman–Crippen MR) is 61.7 cm³/mol. The van der Waals surface area contributed by atoms with Gasteiger partial charge in [0.05, 0.1) is 6.17 Å². The Morgan fingerprint density at radius 2 is 2.13 bits per heavy atom. The van der Waals surface area contributed by atoms with Crippen molar-refractivity contribution in [2.75, 3.05) is 0 Å². The van der Waals surface area contributed by atoms with Crippen molar-refractivity contribution in [3.8, 4) is 0 Å². The normalized spacial score (nSPS) is 12.7. The first-order chi connectivity index (χ1) is 7.24. The van der Waals surface area contributed by atoms with Crippen molar-refractivity contribution in [2.24, 2.45) is 0 Å². The second-order valence-corrected chi connectivity index (χ2v) is 4.02. The van der Waals surface area contributed by atoms with Crippen molar-refractivity contribution in [3.63, 3.8) is 0 Å². The van der Waals surface area contributed by atoms with Crippen LogP contribution in [0.4, 0.5) is 4.39 Å². The zero-order chi connectivity index (χ0) is 11.1. The number of nitrogens with zero attached hydrogens (tertiary/aromatic N) is 1. The van der Waals surface area contributed by atoms with Crippen LogP contribution in [0.15, 0.2) is 18.5 Å². The molecule has 1 aromatic rings. The quantitative estimate of drug-likeness (QED) is 0.651. The molecule has 1 unspecified atom stereocenters. The molecule has 1 atom stereocenters. The molecule has 0 aliphatic rings. The fourth-order valence-corrected chi connectivity index (χ4v) is 1.76. The van der Waals surface area contributed by atoms with Crippen LogP contribution in [0.3, 0.4) is 0 Å². The molecule has 84 valence electrons. The van der Waals surface area contributed by atoms with E-state index in [1.54, 1.807) is 6.92 Å². The third kappa shape index (κ3) is 4.41. The Bertz CT molecular complexity index is 284. The maximum absolute atomic E-state index is 12.6. The van der Waals surface area contributed by atoms with E-state index in [0.717, 1.165) is 25.7 Å². The highest BCUT2D eigenvalue weighted by atomic mass is 19.1. The number of unbranched alkanes of at least 4 members (excludes halogenated alkanes) is 1. The first kappa shape index (κ1) is 12.2. The van der Waals surface area contributed by atoms with E-state index < -0.39 is 6.17 Å². The van der Waals surface area contributed by atoms with Crippen LogP contribution >= 0.6 is 0 Å². The molecule has 15 heavy (non-hydrogen) atoms. The molecule has 1 heterocycles. The molecule has 1 rings (SSSR count). The van der Waals surface area contributed by atoms with Crippen molar-refractivity contribution < 1.29 is 4.39 Å². The number of rotatable bonds is 6. The van der Waals surface area contributed by atoms with Crippen LogP contribution in [0.2, 0.25) is 0 Å². The van der Waals surface area contributed by atoms with E-state index in [-0.39, 0.29) is 0 Å². The maximum Gasteiger partial charge on any atom is 0.0973 e. The molecule has 1 nitrogen and oxygen atoms in total. The standard InChI is InChI=1S/C13H20FN/c1-3-12-10-15-9-8-13(12)7-5-4-6-11(2)14/h8-11H,3-7H2,1-2H3. The fraction of sp³-hybridized carbons (Fsp3) is 0.615. The van der Waals surface area contributed by atoms with Gasteiger partial charge in [0.1, 0.15) is 0 Å². The van der Waals surface area contributed by atoms with Gasteiger partial charge in [0.15, 0.2) is 0 Å². The zero-order valence-electron chi connectivity index (χ0n) is 9.67. The average molecular weight is 209 g/mol. The molecule has 0 saturated carbocycles. The van der Waals surface area contributed by atoms with Gasteiger partial charge in [0.25, 0.3) is 0 Å². The van der Waals surface area contributed by atoms with Crippen molar-refractivity contribution in [1.82, 2.24) is 4.98 Å². The minimum atomic E-state index is -0.659. The summed E-state index contributed by atoms with van der Waals surface area (Å²) in [5.74, 6) is 0. The monoisotopic (exact) mass is 209 g/mol. The van der Waals surface area contributed by atoms with Gasteiger partial charge in [-0.3, -0.25) is 4.98 Å². The molecule has 0 radical (unpaired) electrons. The van der Waals surface area contributed by atoms with Crippen molar-refractivity contribution in [3.05, 3.63) is 29.6 Å². The Labute approximate surface area is 91.7 Å². The Balaban J connectivity index is 2.36. The summed E-state index contributed by atoms with van der Waals surface area (Å²) < 4.78 is 12.6. The smallest absolute Gasteiger partial charge is 0.0973 e. The molecule has 0 fully saturated rings. The molecule has 0 bridgehead atoms. The number of aromatic nitrogens is 1. The van der Waals surface area contributed by atoms with E-state index in [1.807, 2.05) is 12.4 Å². The summed E-state index contributed by atoms with van der Waals surface area (Å²) in [6.07, 6.45) is 7.94. The van der Waals surface area contributed by atoms with Crippen LogP contribution in [0.25, 0.3) is 0 Å². The van der Waals surface area contributed by atoms with Crippen LogP contribution in [-0.4, -0.2) is 11.2 Å². The topological polar surface area (TPSA) is 12.9 Å². The number of alkyl halides is 1. The van der Waals surface area contributed by atoms with Gasteiger partial charge in [-0.15, -0.1) is 0 Å². The molecule has 1 aromatic heterocycles. The highest BCUT2D eigenvalue weighted by molar-refractivity contribution is 5.23. The molecular weight excluding hydrogens is 189 g/mol. The summed E-state index contributed by atoms with van der Waals surface area (Å²) in [5.41, 5.74) is 2.70. The lowest BCUT2D eigenvalue weighted by Gasteiger charge is -2.06. The van der Waals surface area contributed by atoms with Gasteiger partial charge in [0.2, 0.25) is 0 Å². The largest absolute Gasteiger partial charge is 0.264 e. The molecule has 0 aliphatic heterocycles. The number of pyridine rings is 1. The van der Waals surface area contributed by atoms with Gasteiger partial charge < -0.3 is 0 Å². The Hall–Kier alpha value is -0.920. The lowest BCUT2D eigenvalue weighted by molar-refractivity contribution is 0.331. The third-order valence-electron chi connectivity index (χ3n) is 2.68. The van der Waals surface area contributed by atoms with Crippen LogP contribution in [-0.2, 0) is 12.8 Å². The highest BCUT2D eigenvalue weighted by Crippen LogP contribution is 2.13. The SMILES string of the molecule is CCc1cnccc1CCCCC(C)F. The molecule has 0 N–H and O–H groups in total. The highest BCUT2D eigenvalue weighted by Gasteiger charge is 2.01. The Morgan fingerprint density at radius 3 is 2.80 bits per heavy atom. The number of aryl methyl sites for hydroxylation is 2. The minimum Gasteiger partial charge on any atom is -0.264 e. The number of hydrogen-bond acceptors (Lipinski definition) is 1. The van der Waals surface area contributed by atoms with E-state index in [4.69, 9.17) is 0 Å². The fourth-order valence-electron chi connectivity index (χ4n) is 1.76. The third-order valence-corrected chi connectivity index (χ3v) is 2.68. The van der Waals surface area contributed by atoms with Gasteiger partial charge in [0, 0.05) is 12.4 Å². The van der Waals surface area contributed by atoms with Gasteiger partial charge in [-0.25, -0.2) is 4.39 Å². The molecule has 2 heteroatoms. The van der Waals surface area contributed by atoms with Gasteiger partial charge in [-0.05, 0) is 49.8 Å². The van der Waals surface area contributed by atoms with E-state index >= 15 is 0 Å². The van der Waals surface area contributed by atoms with E-state index in [2.05, 4.69) is 18.0 Å². The average Bonchev–Trinajstić information content (AvgIpc) is 2.24. The Kier molecular flexibility index (Phi) is 5.30. The van der Waals surface area contributed by atoms with Gasteiger partial charge in [-0.2, -0.15) is 0 Å². The summed E-state index contributed by atoms with van der Waals surface area (Å²) in [4.78, 5) is 4.11. The second-order valence-electron chi connectivity index (χ2n) is 4.02. The number of halogens is 1. The van der Waals surface area contributed by atoms with Crippen LogP contribution in [0, 0.1) is 0 Å². The molecule has 0 spiro atoms. The van der Waals surface area contributed by atoms with Gasteiger partial charge >= 0.3 is 0 Å². The zero-order valence-corrected chi connectivity index (χ0v) is 9.67. The summed E-state index contributed by atoms with van der Waals surface area (Å²) in [6, 6.07) is 2.08. The minimum absolute atomic E-state index is 0.659. The lowest BCUT2D eigenvalue weighted by Crippen LogP contribution is -1.96. The van der Waals surface area contributed by atoms with Crippen molar-refractivity contribution in [1.29, 1.82) is 0 Å². The van der Waals surface area contributed by atoms with Gasteiger partial charge in [-0.1, -0.05) is 13.3 Å². The lowest BCUT2D eigenvalue weighted by atomic mass is 10.0. The second kappa shape index (κ2) is 6.54. The Morgan fingerprint density at radius 1 is 1.33 bits per heavy atom. The summed E-state index contributed by atoms with van der Waals surface area (Å²) in [6.45, 7) is 3.77. The van der Waals surface area contributed by atoms with Crippen molar-refractivity contribution in [2.45, 2.75) is 52.1 Å². The van der Waals surface area contributed by atoms with E-state index in [0.29, 0.717) is 6.42 Å². The first-order valence-corrected chi connectivity index (χ1v) is 5.80. The summed E-state index contributed by atoms with van der Waals surface area (Å²) >= 11 is 0. The first-order valence-electron chi connectivity index (χ1n) is 5.80. The van der Waals surface area contributed by atoms with Crippen LogP contribution < -0.4 is 0 Å². The molecule has 0 amide bonds. The summed E-state index contributed by atoms with van der Waals surface area (Å²) in [7, 11) is 0. The molecular formula is C13H20FN. The summed E-state index contributed by atoms with van der Waals surface area (Å²) in [5, 5.41) is 0. The molecule has 0 aliphatic carbocycles. The van der Waals surface area contributed by atoms with Crippen molar-refractivity contribution >= 4 is 0 Å². The van der Waals surface area contributed by atoms with Crippen LogP contribution in [0.5, 0.6) is 0 Å².